The predicted octanol–water partition coefficient (Wildman–Crippen LogP) is 2.88. The van der Waals surface area contributed by atoms with Crippen LogP contribution in [0.3, 0.4) is 0 Å². The fraction of sp³-hybridized carbons (Fsp3) is 0.500. The van der Waals surface area contributed by atoms with Crippen molar-refractivity contribution in [1.82, 2.24) is 4.90 Å². The lowest BCUT2D eigenvalue weighted by Crippen LogP contribution is -2.42. The molecule has 5 heteroatoms. The number of anilines is 1. The number of para-hydroxylation sites is 1. The van der Waals surface area contributed by atoms with Crippen LogP contribution in [-0.2, 0) is 9.59 Å². The average Bonchev–Trinajstić information content (AvgIpc) is 2.85. The number of benzene rings is 1. The molecule has 1 aromatic carbocycles. The van der Waals surface area contributed by atoms with E-state index in [0.29, 0.717) is 18.6 Å². The summed E-state index contributed by atoms with van der Waals surface area (Å²) in [4.78, 5) is 26.9. The number of likely N-dealkylation sites (tertiary alicyclic amines) is 1. The van der Waals surface area contributed by atoms with Crippen molar-refractivity contribution in [2.45, 2.75) is 45.4 Å². The molecule has 0 spiro atoms. The number of nitrogens with zero attached hydrogens (tertiary/aromatic N) is 3. The van der Waals surface area contributed by atoms with Gasteiger partial charge in [0.05, 0.1) is 5.69 Å². The minimum Gasteiger partial charge on any atom is -0.338 e. The third-order valence-electron chi connectivity index (χ3n) is 4.52. The molecule has 2 amide bonds. The second-order valence-electron chi connectivity index (χ2n) is 6.25. The number of hydrogen-bond donors (Lipinski definition) is 0. The van der Waals surface area contributed by atoms with Gasteiger partial charge in [-0.25, -0.2) is 5.01 Å². The third-order valence-corrected chi connectivity index (χ3v) is 4.52. The quantitative estimate of drug-likeness (QED) is 0.843. The minimum atomic E-state index is -0.0493. The summed E-state index contributed by atoms with van der Waals surface area (Å²) in [5, 5.41) is 5.82. The topological polar surface area (TPSA) is 53.0 Å². The largest absolute Gasteiger partial charge is 0.338 e. The van der Waals surface area contributed by atoms with Gasteiger partial charge in [0, 0.05) is 25.9 Å². The summed E-state index contributed by atoms with van der Waals surface area (Å²) in [6, 6.07) is 7.63. The van der Waals surface area contributed by atoms with E-state index in [1.54, 1.807) is 0 Å². The van der Waals surface area contributed by atoms with E-state index in [-0.39, 0.29) is 11.8 Å². The van der Waals surface area contributed by atoms with Gasteiger partial charge in [0.2, 0.25) is 5.91 Å². The smallest absolute Gasteiger partial charge is 0.270 e. The summed E-state index contributed by atoms with van der Waals surface area (Å²) < 4.78 is 0. The van der Waals surface area contributed by atoms with Crippen molar-refractivity contribution in [3.05, 3.63) is 29.8 Å². The zero-order valence-electron chi connectivity index (χ0n) is 13.6. The molecule has 0 aliphatic carbocycles. The van der Waals surface area contributed by atoms with Crippen LogP contribution in [0.1, 0.15) is 44.1 Å². The summed E-state index contributed by atoms with van der Waals surface area (Å²) in [6.45, 7) is 3.55. The van der Waals surface area contributed by atoms with E-state index in [1.807, 2.05) is 36.1 Å². The van der Waals surface area contributed by atoms with E-state index in [2.05, 4.69) is 5.10 Å². The highest BCUT2D eigenvalue weighted by atomic mass is 16.2. The SMILES string of the molecule is Cc1ccccc1N1N=C(C(=O)N2CCCCCC2)CCC1=O. The summed E-state index contributed by atoms with van der Waals surface area (Å²) >= 11 is 0. The van der Waals surface area contributed by atoms with Crippen molar-refractivity contribution in [3.63, 3.8) is 0 Å². The highest BCUT2D eigenvalue weighted by Crippen LogP contribution is 2.24. The van der Waals surface area contributed by atoms with Gasteiger partial charge in [-0.05, 0) is 31.4 Å². The Morgan fingerprint density at radius 2 is 1.74 bits per heavy atom. The lowest BCUT2D eigenvalue weighted by molar-refractivity contribution is -0.124. The number of hydrazone groups is 1. The van der Waals surface area contributed by atoms with E-state index in [4.69, 9.17) is 0 Å². The molecule has 0 unspecified atom stereocenters. The molecule has 122 valence electrons. The van der Waals surface area contributed by atoms with Crippen LogP contribution in [-0.4, -0.2) is 35.5 Å². The van der Waals surface area contributed by atoms with E-state index < -0.39 is 0 Å². The highest BCUT2D eigenvalue weighted by Gasteiger charge is 2.29. The fourth-order valence-corrected chi connectivity index (χ4v) is 3.15. The van der Waals surface area contributed by atoms with Crippen LogP contribution in [0.15, 0.2) is 29.4 Å². The standard InChI is InChI=1S/C18H23N3O2/c1-14-8-4-5-9-16(14)21-17(22)11-10-15(19-21)18(23)20-12-6-2-3-7-13-20/h4-5,8-9H,2-3,6-7,10-13H2,1H3. The van der Waals surface area contributed by atoms with Crippen LogP contribution in [0, 0.1) is 6.92 Å². The van der Waals surface area contributed by atoms with Gasteiger partial charge in [0.25, 0.3) is 5.91 Å². The Kier molecular flexibility index (Phi) is 4.74. The van der Waals surface area contributed by atoms with Crippen LogP contribution in [0.5, 0.6) is 0 Å². The molecule has 2 aliphatic rings. The van der Waals surface area contributed by atoms with Crippen LogP contribution < -0.4 is 5.01 Å². The Balaban J connectivity index is 1.84. The molecule has 0 aromatic heterocycles. The molecule has 0 N–H and O–H groups in total. The monoisotopic (exact) mass is 313 g/mol. The Bertz CT molecular complexity index is 631. The fourth-order valence-electron chi connectivity index (χ4n) is 3.15. The molecule has 0 atom stereocenters. The Hall–Kier alpha value is -2.17. The summed E-state index contributed by atoms with van der Waals surface area (Å²) in [5.41, 5.74) is 2.25. The summed E-state index contributed by atoms with van der Waals surface area (Å²) in [5.74, 6) is -0.0512. The molecule has 1 fully saturated rings. The van der Waals surface area contributed by atoms with Gasteiger partial charge in [-0.1, -0.05) is 31.0 Å². The Labute approximate surface area is 137 Å². The zero-order valence-corrected chi connectivity index (χ0v) is 13.6. The lowest BCUT2D eigenvalue weighted by Gasteiger charge is -2.27. The predicted molar refractivity (Wildman–Crippen MR) is 90.4 cm³/mol. The molecular formula is C18H23N3O2. The minimum absolute atomic E-state index is 0.00187. The summed E-state index contributed by atoms with van der Waals surface area (Å²) in [7, 11) is 0. The molecule has 3 rings (SSSR count). The maximum atomic E-state index is 12.7. The maximum absolute atomic E-state index is 12.7. The lowest BCUT2D eigenvalue weighted by atomic mass is 10.1. The van der Waals surface area contributed by atoms with E-state index in [0.717, 1.165) is 37.2 Å². The number of rotatable bonds is 2. The molecule has 5 nitrogen and oxygen atoms in total. The van der Waals surface area contributed by atoms with Crippen LogP contribution in [0.4, 0.5) is 5.69 Å². The first-order chi connectivity index (χ1) is 11.2. The van der Waals surface area contributed by atoms with Gasteiger partial charge in [-0.3, -0.25) is 9.59 Å². The first kappa shape index (κ1) is 15.7. The molecule has 0 bridgehead atoms. The van der Waals surface area contributed by atoms with Crippen molar-refractivity contribution in [3.8, 4) is 0 Å². The Morgan fingerprint density at radius 1 is 1.04 bits per heavy atom. The van der Waals surface area contributed by atoms with Gasteiger partial charge >= 0.3 is 0 Å². The molecule has 0 saturated carbocycles. The van der Waals surface area contributed by atoms with E-state index in [1.165, 1.54) is 17.9 Å². The number of carbonyl (C=O) groups is 2. The molecular weight excluding hydrogens is 290 g/mol. The maximum Gasteiger partial charge on any atom is 0.270 e. The average molecular weight is 313 g/mol. The first-order valence-electron chi connectivity index (χ1n) is 8.42. The van der Waals surface area contributed by atoms with Gasteiger partial charge in [0.15, 0.2) is 0 Å². The molecule has 2 aliphatic heterocycles. The van der Waals surface area contributed by atoms with Crippen molar-refractivity contribution in [1.29, 1.82) is 0 Å². The number of hydrogen-bond acceptors (Lipinski definition) is 3. The number of aryl methyl sites for hydroxylation is 1. The molecule has 1 saturated heterocycles. The van der Waals surface area contributed by atoms with Gasteiger partial charge in [-0.15, -0.1) is 0 Å². The molecule has 1 aromatic rings. The molecule has 2 heterocycles. The van der Waals surface area contributed by atoms with E-state index in [9.17, 15) is 9.59 Å². The van der Waals surface area contributed by atoms with Crippen molar-refractivity contribution in [2.75, 3.05) is 18.1 Å². The number of amides is 2. The zero-order chi connectivity index (χ0) is 16.2. The van der Waals surface area contributed by atoms with Crippen molar-refractivity contribution < 1.29 is 9.59 Å². The van der Waals surface area contributed by atoms with Crippen molar-refractivity contribution >= 4 is 23.2 Å². The van der Waals surface area contributed by atoms with Gasteiger partial charge in [0.1, 0.15) is 5.71 Å². The second kappa shape index (κ2) is 6.94. The number of carbonyl (C=O) groups excluding carboxylic acids is 2. The third kappa shape index (κ3) is 3.44. The summed E-state index contributed by atoms with van der Waals surface area (Å²) in [6.07, 6.45) is 5.26. The van der Waals surface area contributed by atoms with Crippen LogP contribution >= 0.6 is 0 Å². The van der Waals surface area contributed by atoms with Crippen molar-refractivity contribution in [2.24, 2.45) is 5.10 Å². The second-order valence-corrected chi connectivity index (χ2v) is 6.25. The molecule has 0 radical (unpaired) electrons. The Morgan fingerprint density at radius 3 is 2.43 bits per heavy atom. The van der Waals surface area contributed by atoms with Crippen LogP contribution in [0.25, 0.3) is 0 Å². The van der Waals surface area contributed by atoms with Gasteiger partial charge in [-0.2, -0.15) is 5.10 Å². The normalized spacial score (nSPS) is 19.3. The van der Waals surface area contributed by atoms with Gasteiger partial charge < -0.3 is 4.90 Å². The van der Waals surface area contributed by atoms with Crippen LogP contribution in [0.2, 0.25) is 0 Å². The van der Waals surface area contributed by atoms with E-state index >= 15 is 0 Å². The highest BCUT2D eigenvalue weighted by molar-refractivity contribution is 6.40. The molecule has 23 heavy (non-hydrogen) atoms. The first-order valence-corrected chi connectivity index (χ1v) is 8.42.